The van der Waals surface area contributed by atoms with Gasteiger partial charge in [0, 0.05) is 44.6 Å². The number of aryl methyl sites for hydroxylation is 1. The zero-order chi connectivity index (χ0) is 21.2. The predicted octanol–water partition coefficient (Wildman–Crippen LogP) is 3.06. The molecule has 8 heteroatoms. The van der Waals surface area contributed by atoms with Crippen LogP contribution in [0.25, 0.3) is 22.2 Å². The Balaban J connectivity index is 1.35. The molecule has 0 bridgehead atoms. The number of fused-ring (bicyclic) bond motifs is 1. The largest absolute Gasteiger partial charge is 0.384 e. The van der Waals surface area contributed by atoms with Crippen LogP contribution < -0.4 is 16.4 Å². The summed E-state index contributed by atoms with van der Waals surface area (Å²) in [4.78, 5) is 19.2. The van der Waals surface area contributed by atoms with Crippen molar-refractivity contribution in [2.45, 2.75) is 13.5 Å². The summed E-state index contributed by atoms with van der Waals surface area (Å²) < 4.78 is 0. The number of nitrogens with zero attached hydrogens (tertiary/aromatic N) is 4. The molecule has 0 saturated carbocycles. The van der Waals surface area contributed by atoms with Crippen LogP contribution in [0.15, 0.2) is 48.7 Å². The first kappa shape index (κ1) is 19.5. The predicted molar refractivity (Wildman–Crippen MR) is 124 cm³/mol. The highest BCUT2D eigenvalue weighted by Gasteiger charge is 2.11. The van der Waals surface area contributed by atoms with Crippen molar-refractivity contribution in [2.24, 2.45) is 0 Å². The van der Waals surface area contributed by atoms with E-state index in [0.29, 0.717) is 11.8 Å². The second-order valence-electron chi connectivity index (χ2n) is 7.94. The molecule has 0 atom stereocenters. The number of nitrogens with one attached hydrogen (secondary N) is 3. The highest BCUT2D eigenvalue weighted by molar-refractivity contribution is 5.84. The number of hydrogen-bond donors (Lipinski definition) is 4. The van der Waals surface area contributed by atoms with Gasteiger partial charge in [-0.05, 0) is 60.0 Å². The van der Waals surface area contributed by atoms with Crippen LogP contribution in [0.5, 0.6) is 0 Å². The lowest BCUT2D eigenvalue weighted by atomic mass is 10.1. The van der Waals surface area contributed by atoms with Crippen molar-refractivity contribution < 1.29 is 0 Å². The molecule has 1 fully saturated rings. The highest BCUT2D eigenvalue weighted by Crippen LogP contribution is 2.26. The fourth-order valence-electron chi connectivity index (χ4n) is 4.00. The van der Waals surface area contributed by atoms with Crippen molar-refractivity contribution in [1.82, 2.24) is 30.2 Å². The van der Waals surface area contributed by atoms with E-state index in [1.54, 1.807) is 0 Å². The summed E-state index contributed by atoms with van der Waals surface area (Å²) in [5.74, 6) is 1.97. The van der Waals surface area contributed by atoms with Crippen LogP contribution in [0, 0.1) is 6.92 Å². The number of piperazine rings is 1. The van der Waals surface area contributed by atoms with Crippen LogP contribution >= 0.6 is 0 Å². The minimum absolute atomic E-state index is 0.522. The van der Waals surface area contributed by atoms with Crippen molar-refractivity contribution >= 4 is 28.6 Å². The summed E-state index contributed by atoms with van der Waals surface area (Å²) in [7, 11) is 0. The number of H-pyrrole nitrogens is 1. The third-order valence-electron chi connectivity index (χ3n) is 5.48. The monoisotopic (exact) mass is 414 g/mol. The van der Waals surface area contributed by atoms with Crippen LogP contribution in [0.4, 0.5) is 17.6 Å². The highest BCUT2D eigenvalue weighted by atomic mass is 15.2. The van der Waals surface area contributed by atoms with Gasteiger partial charge in [0.25, 0.3) is 0 Å². The molecule has 0 aliphatic carbocycles. The van der Waals surface area contributed by atoms with Crippen molar-refractivity contribution in [1.29, 1.82) is 0 Å². The smallest absolute Gasteiger partial charge is 0.206 e. The van der Waals surface area contributed by atoms with Gasteiger partial charge in [0.1, 0.15) is 11.6 Å². The van der Waals surface area contributed by atoms with Crippen molar-refractivity contribution in [2.75, 3.05) is 37.2 Å². The van der Waals surface area contributed by atoms with E-state index in [1.807, 2.05) is 37.4 Å². The Bertz CT molecular complexity index is 1190. The molecule has 1 aromatic carbocycles. The van der Waals surface area contributed by atoms with E-state index in [1.165, 1.54) is 5.56 Å². The van der Waals surface area contributed by atoms with Crippen LogP contribution in [0.3, 0.4) is 0 Å². The summed E-state index contributed by atoms with van der Waals surface area (Å²) in [6, 6.07) is 14.2. The standard InChI is InChI=1S/C23H26N8/c1-15-10-18(13-21(24)27-15)17-2-3-19-20(12-17)29-23(28-19)30-22-11-16(4-5-26-22)14-31-8-6-25-7-9-31/h2-5,10-13,25H,6-9,14H2,1H3,(H2,24,27)(H2,26,28,29,30). The lowest BCUT2D eigenvalue weighted by Gasteiger charge is -2.27. The Morgan fingerprint density at radius 1 is 1.03 bits per heavy atom. The number of aromatic amines is 1. The van der Waals surface area contributed by atoms with E-state index in [-0.39, 0.29) is 0 Å². The number of hydrogen-bond acceptors (Lipinski definition) is 7. The SMILES string of the molecule is Cc1cc(-c2ccc3nc(Nc4cc(CN5CCNCC5)ccn4)[nH]c3c2)cc(N)n1. The molecule has 0 unspecified atom stereocenters. The van der Waals surface area contributed by atoms with E-state index in [0.717, 1.165) is 66.4 Å². The van der Waals surface area contributed by atoms with E-state index in [9.17, 15) is 0 Å². The lowest BCUT2D eigenvalue weighted by molar-refractivity contribution is 0.233. The topological polar surface area (TPSA) is 108 Å². The quantitative estimate of drug-likeness (QED) is 0.397. The number of nitrogens with two attached hydrogens (primary N) is 1. The summed E-state index contributed by atoms with van der Waals surface area (Å²) in [6.07, 6.45) is 1.84. The van der Waals surface area contributed by atoms with Gasteiger partial charge < -0.3 is 21.4 Å². The average Bonchev–Trinajstić information content (AvgIpc) is 3.15. The van der Waals surface area contributed by atoms with Gasteiger partial charge in [-0.2, -0.15) is 0 Å². The van der Waals surface area contributed by atoms with Crippen LogP contribution in [0.2, 0.25) is 0 Å². The Labute approximate surface area is 180 Å². The van der Waals surface area contributed by atoms with E-state index < -0.39 is 0 Å². The molecule has 31 heavy (non-hydrogen) atoms. The van der Waals surface area contributed by atoms with Crippen molar-refractivity contribution in [3.8, 4) is 11.1 Å². The number of benzene rings is 1. The molecule has 5 rings (SSSR count). The molecule has 158 valence electrons. The molecular formula is C23H26N8. The number of rotatable bonds is 5. The van der Waals surface area contributed by atoms with Gasteiger partial charge >= 0.3 is 0 Å². The van der Waals surface area contributed by atoms with Gasteiger partial charge in [0.05, 0.1) is 11.0 Å². The molecule has 0 radical (unpaired) electrons. The molecule has 3 aromatic heterocycles. The Kier molecular flexibility index (Phi) is 5.23. The van der Waals surface area contributed by atoms with E-state index >= 15 is 0 Å². The number of pyridine rings is 2. The normalized spacial score (nSPS) is 14.7. The minimum atomic E-state index is 0.522. The molecule has 5 N–H and O–H groups in total. The summed E-state index contributed by atoms with van der Waals surface area (Å²) in [5, 5.41) is 6.70. The molecule has 1 saturated heterocycles. The molecule has 1 aliphatic heterocycles. The van der Waals surface area contributed by atoms with Crippen LogP contribution in [-0.4, -0.2) is 51.0 Å². The number of aromatic nitrogens is 4. The molecular weight excluding hydrogens is 388 g/mol. The second-order valence-corrected chi connectivity index (χ2v) is 7.94. The zero-order valence-corrected chi connectivity index (χ0v) is 17.5. The molecule has 0 spiro atoms. The van der Waals surface area contributed by atoms with Crippen LogP contribution in [-0.2, 0) is 6.54 Å². The van der Waals surface area contributed by atoms with Gasteiger partial charge in [0.15, 0.2) is 0 Å². The van der Waals surface area contributed by atoms with Gasteiger partial charge in [-0.25, -0.2) is 15.0 Å². The first-order chi connectivity index (χ1) is 15.1. The zero-order valence-electron chi connectivity index (χ0n) is 17.5. The number of anilines is 3. The summed E-state index contributed by atoms with van der Waals surface area (Å²) >= 11 is 0. The van der Waals surface area contributed by atoms with Gasteiger partial charge in [-0.3, -0.25) is 4.90 Å². The fourth-order valence-corrected chi connectivity index (χ4v) is 4.00. The fraction of sp³-hybridized carbons (Fsp3) is 0.261. The molecule has 1 aliphatic rings. The molecule has 4 aromatic rings. The third kappa shape index (κ3) is 4.50. The van der Waals surface area contributed by atoms with E-state index in [4.69, 9.17) is 5.73 Å². The molecule has 0 amide bonds. The maximum absolute atomic E-state index is 5.92. The molecule has 4 heterocycles. The van der Waals surface area contributed by atoms with Crippen molar-refractivity contribution in [3.63, 3.8) is 0 Å². The minimum Gasteiger partial charge on any atom is -0.384 e. The third-order valence-corrected chi connectivity index (χ3v) is 5.48. The van der Waals surface area contributed by atoms with Crippen LogP contribution in [0.1, 0.15) is 11.3 Å². The number of nitrogen functional groups attached to an aromatic ring is 1. The molecule has 8 nitrogen and oxygen atoms in total. The van der Waals surface area contributed by atoms with Gasteiger partial charge in [-0.15, -0.1) is 0 Å². The maximum Gasteiger partial charge on any atom is 0.206 e. The lowest BCUT2D eigenvalue weighted by Crippen LogP contribution is -2.42. The van der Waals surface area contributed by atoms with Gasteiger partial charge in [-0.1, -0.05) is 6.07 Å². The Hall–Kier alpha value is -3.49. The average molecular weight is 415 g/mol. The van der Waals surface area contributed by atoms with E-state index in [2.05, 4.69) is 53.7 Å². The second kappa shape index (κ2) is 8.33. The first-order valence-corrected chi connectivity index (χ1v) is 10.5. The van der Waals surface area contributed by atoms with Crippen molar-refractivity contribution in [3.05, 3.63) is 59.9 Å². The number of imidazole rings is 1. The Morgan fingerprint density at radius 3 is 2.74 bits per heavy atom. The maximum atomic E-state index is 5.92. The van der Waals surface area contributed by atoms with Gasteiger partial charge in [0.2, 0.25) is 5.95 Å². The first-order valence-electron chi connectivity index (χ1n) is 10.5. The Morgan fingerprint density at radius 2 is 1.90 bits per heavy atom. The summed E-state index contributed by atoms with van der Waals surface area (Å²) in [5.41, 5.74) is 12.0. The summed E-state index contributed by atoms with van der Waals surface area (Å²) in [6.45, 7) is 7.10.